The van der Waals surface area contributed by atoms with E-state index < -0.39 is 23.7 Å². The molecule has 0 aromatic heterocycles. The highest BCUT2D eigenvalue weighted by molar-refractivity contribution is 5.81. The van der Waals surface area contributed by atoms with Gasteiger partial charge in [-0.2, -0.15) is 5.26 Å². The van der Waals surface area contributed by atoms with Crippen LogP contribution in [0.2, 0.25) is 0 Å². The summed E-state index contributed by atoms with van der Waals surface area (Å²) in [6.07, 6.45) is 1.03. The second kappa shape index (κ2) is 7.30. The van der Waals surface area contributed by atoms with E-state index in [1.54, 1.807) is 27.7 Å². The Hall–Kier alpha value is -1.77. The van der Waals surface area contributed by atoms with E-state index in [1.165, 1.54) is 4.90 Å². The number of nitrogens with zero attached hydrogens (tertiary/aromatic N) is 2. The van der Waals surface area contributed by atoms with Gasteiger partial charge in [-0.1, -0.05) is 0 Å². The number of carbonyl (C=O) groups is 2. The average molecular weight is 296 g/mol. The summed E-state index contributed by atoms with van der Waals surface area (Å²) in [7, 11) is 0. The molecule has 0 aliphatic carbocycles. The molecule has 0 saturated carbocycles. The quantitative estimate of drug-likeness (QED) is 0.747. The molecule has 0 aromatic rings. The monoisotopic (exact) mass is 296 g/mol. The first-order valence-electron chi connectivity index (χ1n) is 7.31. The van der Waals surface area contributed by atoms with Crippen LogP contribution in [0, 0.1) is 17.2 Å². The topological polar surface area (TPSA) is 79.6 Å². The van der Waals surface area contributed by atoms with Gasteiger partial charge in [0.05, 0.1) is 12.7 Å². The van der Waals surface area contributed by atoms with E-state index in [2.05, 4.69) is 6.07 Å². The van der Waals surface area contributed by atoms with Crippen molar-refractivity contribution in [3.05, 3.63) is 0 Å². The van der Waals surface area contributed by atoms with Gasteiger partial charge in [-0.25, -0.2) is 9.59 Å². The number of hydrogen-bond acceptors (Lipinski definition) is 5. The van der Waals surface area contributed by atoms with Crippen LogP contribution in [-0.2, 0) is 14.3 Å². The van der Waals surface area contributed by atoms with Gasteiger partial charge in [-0.3, -0.25) is 4.90 Å². The summed E-state index contributed by atoms with van der Waals surface area (Å²) in [5.41, 5.74) is -0.611. The Labute approximate surface area is 126 Å². The number of esters is 1. The molecule has 0 aromatic carbocycles. The Kier molecular flexibility index (Phi) is 6.01. The summed E-state index contributed by atoms with van der Waals surface area (Å²) in [5.74, 6) is -0.311. The van der Waals surface area contributed by atoms with Gasteiger partial charge >= 0.3 is 12.1 Å². The summed E-state index contributed by atoms with van der Waals surface area (Å²) in [4.78, 5) is 25.7. The molecule has 6 nitrogen and oxygen atoms in total. The molecule has 0 unspecified atom stereocenters. The Morgan fingerprint density at radius 1 is 1.38 bits per heavy atom. The maximum atomic E-state index is 12.2. The lowest BCUT2D eigenvalue weighted by atomic mass is 9.89. The second-order valence-electron chi connectivity index (χ2n) is 6.19. The van der Waals surface area contributed by atoms with Crippen LogP contribution in [-0.4, -0.2) is 41.8 Å². The summed E-state index contributed by atoms with van der Waals surface area (Å²) in [6.45, 7) is 7.75. The van der Waals surface area contributed by atoms with Crippen LogP contribution < -0.4 is 0 Å². The van der Waals surface area contributed by atoms with Crippen LogP contribution in [0.25, 0.3) is 0 Å². The average Bonchev–Trinajstić information content (AvgIpc) is 2.37. The molecule has 0 N–H and O–H groups in total. The first-order chi connectivity index (χ1) is 9.78. The molecule has 1 fully saturated rings. The highest BCUT2D eigenvalue weighted by Crippen LogP contribution is 2.27. The molecule has 0 bridgehead atoms. The van der Waals surface area contributed by atoms with Crippen molar-refractivity contribution in [1.29, 1.82) is 5.26 Å². The van der Waals surface area contributed by atoms with Crippen LogP contribution in [0.15, 0.2) is 0 Å². The summed E-state index contributed by atoms with van der Waals surface area (Å²) < 4.78 is 10.4. The largest absolute Gasteiger partial charge is 0.464 e. The van der Waals surface area contributed by atoms with Crippen molar-refractivity contribution in [2.24, 2.45) is 5.92 Å². The Morgan fingerprint density at radius 2 is 2.05 bits per heavy atom. The highest BCUT2D eigenvalue weighted by atomic mass is 16.6. The number of hydrogen-bond donors (Lipinski definition) is 0. The first-order valence-corrected chi connectivity index (χ1v) is 7.31. The number of amides is 1. The lowest BCUT2D eigenvalue weighted by Gasteiger charge is -2.38. The van der Waals surface area contributed by atoms with Crippen LogP contribution in [0.1, 0.15) is 47.0 Å². The number of rotatable bonds is 3. The molecule has 1 saturated heterocycles. The van der Waals surface area contributed by atoms with E-state index in [4.69, 9.17) is 14.7 Å². The van der Waals surface area contributed by atoms with E-state index in [1.807, 2.05) is 0 Å². The van der Waals surface area contributed by atoms with Gasteiger partial charge < -0.3 is 9.47 Å². The Bertz CT molecular complexity index is 422. The van der Waals surface area contributed by atoms with E-state index >= 15 is 0 Å². The molecule has 1 amide bonds. The zero-order chi connectivity index (χ0) is 16.0. The van der Waals surface area contributed by atoms with Crippen molar-refractivity contribution in [3.63, 3.8) is 0 Å². The van der Waals surface area contributed by atoms with Crippen molar-refractivity contribution in [3.8, 4) is 6.07 Å². The molecule has 21 heavy (non-hydrogen) atoms. The van der Waals surface area contributed by atoms with Gasteiger partial charge in [0, 0.05) is 13.0 Å². The van der Waals surface area contributed by atoms with Crippen molar-refractivity contribution in [1.82, 2.24) is 4.90 Å². The van der Waals surface area contributed by atoms with Crippen molar-refractivity contribution in [2.75, 3.05) is 13.2 Å². The number of nitriles is 1. The van der Waals surface area contributed by atoms with Gasteiger partial charge in [0.1, 0.15) is 11.6 Å². The van der Waals surface area contributed by atoms with Crippen LogP contribution >= 0.6 is 0 Å². The molecule has 2 atom stereocenters. The number of likely N-dealkylation sites (tertiary alicyclic amines) is 1. The third kappa shape index (κ3) is 5.25. The predicted molar refractivity (Wildman–Crippen MR) is 76.3 cm³/mol. The van der Waals surface area contributed by atoms with Gasteiger partial charge in [0.25, 0.3) is 0 Å². The van der Waals surface area contributed by atoms with Crippen molar-refractivity contribution in [2.45, 2.75) is 58.6 Å². The van der Waals surface area contributed by atoms with Crippen LogP contribution in [0.5, 0.6) is 0 Å². The Balaban J connectivity index is 2.82. The molecule has 0 spiro atoms. The molecule has 1 aliphatic rings. The third-order valence-electron chi connectivity index (χ3n) is 3.28. The normalized spacial score (nSPS) is 22.3. The van der Waals surface area contributed by atoms with Crippen LogP contribution in [0.4, 0.5) is 4.79 Å². The fourth-order valence-electron chi connectivity index (χ4n) is 2.35. The van der Waals surface area contributed by atoms with E-state index in [-0.39, 0.29) is 12.5 Å². The minimum absolute atomic E-state index is 0.114. The second-order valence-corrected chi connectivity index (χ2v) is 6.19. The SMILES string of the molecule is CCOC(=O)[C@@H]1C[C@H](CC#N)CCN1C(=O)OC(C)(C)C. The lowest BCUT2D eigenvalue weighted by Crippen LogP contribution is -2.52. The van der Waals surface area contributed by atoms with Crippen LogP contribution in [0.3, 0.4) is 0 Å². The molecule has 1 rings (SSSR count). The lowest BCUT2D eigenvalue weighted by molar-refractivity contribution is -0.151. The zero-order valence-corrected chi connectivity index (χ0v) is 13.2. The molecule has 118 valence electrons. The van der Waals surface area contributed by atoms with E-state index in [9.17, 15) is 9.59 Å². The molecule has 1 heterocycles. The maximum absolute atomic E-state index is 12.2. The standard InChI is InChI=1S/C15H24N2O4/c1-5-20-13(18)12-10-11(6-8-16)7-9-17(12)14(19)21-15(2,3)4/h11-12H,5-7,9-10H2,1-4H3/t11-,12+/m1/s1. The van der Waals surface area contributed by atoms with E-state index in [0.717, 1.165) is 0 Å². The summed E-state index contributed by atoms with van der Waals surface area (Å²) >= 11 is 0. The van der Waals surface area contributed by atoms with Crippen molar-refractivity contribution >= 4 is 12.1 Å². The molecule has 1 aliphatic heterocycles. The molecule has 0 radical (unpaired) electrons. The van der Waals surface area contributed by atoms with E-state index in [0.29, 0.717) is 25.8 Å². The summed E-state index contributed by atoms with van der Waals surface area (Å²) in [6, 6.07) is 1.46. The molecular formula is C15H24N2O4. The van der Waals surface area contributed by atoms with Crippen molar-refractivity contribution < 1.29 is 19.1 Å². The molecular weight excluding hydrogens is 272 g/mol. The zero-order valence-electron chi connectivity index (χ0n) is 13.2. The van der Waals surface area contributed by atoms with Gasteiger partial charge in [0.2, 0.25) is 0 Å². The minimum atomic E-state index is -0.660. The first kappa shape index (κ1) is 17.3. The fourth-order valence-corrected chi connectivity index (χ4v) is 2.35. The highest BCUT2D eigenvalue weighted by Gasteiger charge is 2.38. The van der Waals surface area contributed by atoms with Gasteiger partial charge in [0.15, 0.2) is 0 Å². The smallest absolute Gasteiger partial charge is 0.411 e. The maximum Gasteiger partial charge on any atom is 0.411 e. The fraction of sp³-hybridized carbons (Fsp3) is 0.800. The Morgan fingerprint density at radius 3 is 2.57 bits per heavy atom. The minimum Gasteiger partial charge on any atom is -0.464 e. The number of carbonyl (C=O) groups excluding carboxylic acids is 2. The number of ether oxygens (including phenoxy) is 2. The molecule has 6 heteroatoms. The van der Waals surface area contributed by atoms with Gasteiger partial charge in [-0.15, -0.1) is 0 Å². The third-order valence-corrected chi connectivity index (χ3v) is 3.28. The number of piperidine rings is 1. The summed E-state index contributed by atoms with van der Waals surface area (Å²) in [5, 5.41) is 8.80. The van der Waals surface area contributed by atoms with Gasteiger partial charge in [-0.05, 0) is 46.5 Å². The predicted octanol–water partition coefficient (Wildman–Crippen LogP) is 2.48.